The number of benzene rings is 2. The number of fused-ring (bicyclic) bond motifs is 9. The number of hydrogen-bond acceptors (Lipinski definition) is 6. The Labute approximate surface area is 264 Å². The summed E-state index contributed by atoms with van der Waals surface area (Å²) in [7, 11) is -2.03. The fourth-order valence-corrected chi connectivity index (χ4v) is 9.78. The van der Waals surface area contributed by atoms with Crippen LogP contribution in [0.3, 0.4) is 0 Å². The zero-order chi connectivity index (χ0) is 31.2. The first-order chi connectivity index (χ1) is 21.6. The summed E-state index contributed by atoms with van der Waals surface area (Å²) in [5.74, 6) is 0.867. The molecule has 8 rings (SSSR count). The molecule has 2 unspecified atom stereocenters. The molecule has 4 heterocycles. The Morgan fingerprint density at radius 3 is 2.53 bits per heavy atom. The second kappa shape index (κ2) is 10.3. The maximum atomic E-state index is 14.8. The van der Waals surface area contributed by atoms with Crippen molar-refractivity contribution < 1.29 is 22.7 Å². The van der Waals surface area contributed by atoms with E-state index in [9.17, 15) is 18.0 Å². The Morgan fingerprint density at radius 1 is 1.04 bits per heavy atom. The summed E-state index contributed by atoms with van der Waals surface area (Å²) in [6.45, 7) is 5.49. The lowest BCUT2D eigenvalue weighted by Crippen LogP contribution is -2.51. The number of sulfonamides is 1. The normalized spacial score (nSPS) is 27.5. The monoisotopic (exact) mass is 630 g/mol. The second-order valence-electron chi connectivity index (χ2n) is 14.1. The van der Waals surface area contributed by atoms with Gasteiger partial charge >= 0.3 is 0 Å². The number of methoxy groups -OCH3 is 1. The van der Waals surface area contributed by atoms with Gasteiger partial charge in [0.1, 0.15) is 5.75 Å². The third-order valence-corrected chi connectivity index (χ3v) is 12.1. The minimum atomic E-state index is -3.72. The van der Waals surface area contributed by atoms with Gasteiger partial charge < -0.3 is 14.2 Å². The van der Waals surface area contributed by atoms with Gasteiger partial charge in [-0.2, -0.15) is 0 Å². The number of hydrogen-bond donors (Lipinski definition) is 1. The van der Waals surface area contributed by atoms with E-state index in [1.54, 1.807) is 13.2 Å². The molecule has 2 amide bonds. The van der Waals surface area contributed by atoms with Crippen molar-refractivity contribution in [1.82, 2.24) is 19.1 Å². The lowest BCUT2D eigenvalue weighted by Gasteiger charge is -2.36. The number of amides is 2. The van der Waals surface area contributed by atoms with Gasteiger partial charge in [-0.25, -0.2) is 13.1 Å². The number of ether oxygens (including phenoxy) is 1. The molecule has 3 aliphatic heterocycles. The van der Waals surface area contributed by atoms with Gasteiger partial charge in [0.2, 0.25) is 15.9 Å². The predicted octanol–water partition coefficient (Wildman–Crippen LogP) is 4.85. The van der Waals surface area contributed by atoms with Crippen molar-refractivity contribution in [1.29, 1.82) is 0 Å². The highest BCUT2D eigenvalue weighted by molar-refractivity contribution is 7.89. The summed E-state index contributed by atoms with van der Waals surface area (Å²) in [6, 6.07) is 12.6. The van der Waals surface area contributed by atoms with Crippen molar-refractivity contribution in [3.05, 3.63) is 53.1 Å². The number of nitrogens with zero attached hydrogens (tertiary/aromatic N) is 3. The summed E-state index contributed by atoms with van der Waals surface area (Å²) in [5, 5.41) is 1.09. The van der Waals surface area contributed by atoms with Gasteiger partial charge in [-0.15, -0.1) is 0 Å². The molecule has 2 saturated carbocycles. The van der Waals surface area contributed by atoms with E-state index in [0.717, 1.165) is 79.5 Å². The van der Waals surface area contributed by atoms with Crippen LogP contribution in [0.1, 0.15) is 85.2 Å². The highest BCUT2D eigenvalue weighted by Crippen LogP contribution is 2.66. The molecule has 2 bridgehead atoms. The van der Waals surface area contributed by atoms with Gasteiger partial charge in [0.15, 0.2) is 0 Å². The molecule has 9 nitrogen and oxygen atoms in total. The highest BCUT2D eigenvalue weighted by Gasteiger charge is 2.65. The number of rotatable bonds is 6. The SMILES string of the molecule is CCN1C[C@H]2C[C@@H]1CN2C(=O)C12CC1c1cc(OC)ccc1-c1c(C3CCCCC3)c3ccc(C(=O)NS(C)(=O)=O)cc3n1C2. The molecule has 238 valence electrons. The fourth-order valence-electron chi connectivity index (χ4n) is 9.32. The number of nitrogens with one attached hydrogen (secondary N) is 1. The average molecular weight is 631 g/mol. The van der Waals surface area contributed by atoms with Crippen LogP contribution in [0.15, 0.2) is 36.4 Å². The molecule has 5 aliphatic rings. The average Bonchev–Trinajstić information content (AvgIpc) is 3.27. The fraction of sp³-hybridized carbons (Fsp3) is 0.543. The largest absolute Gasteiger partial charge is 0.497 e. The minimum Gasteiger partial charge on any atom is -0.497 e. The van der Waals surface area contributed by atoms with Gasteiger partial charge in [-0.05, 0) is 79.6 Å². The van der Waals surface area contributed by atoms with Crippen molar-refractivity contribution in [2.75, 3.05) is 33.0 Å². The Morgan fingerprint density at radius 2 is 1.84 bits per heavy atom. The van der Waals surface area contributed by atoms with E-state index >= 15 is 0 Å². The molecule has 4 fully saturated rings. The Bertz CT molecular complexity index is 1840. The second-order valence-corrected chi connectivity index (χ2v) is 15.8. The van der Waals surface area contributed by atoms with Crippen molar-refractivity contribution in [3.63, 3.8) is 0 Å². The smallest absolute Gasteiger partial charge is 0.264 e. The summed E-state index contributed by atoms with van der Waals surface area (Å²) < 4.78 is 34.1. The van der Waals surface area contributed by atoms with Crippen LogP contribution in [0.4, 0.5) is 0 Å². The molecule has 2 aliphatic carbocycles. The number of likely N-dealkylation sites (N-methyl/N-ethyl adjacent to an activating group) is 1. The van der Waals surface area contributed by atoms with Gasteiger partial charge in [-0.3, -0.25) is 14.5 Å². The Balaban J connectivity index is 1.32. The molecular weight excluding hydrogens is 588 g/mol. The van der Waals surface area contributed by atoms with Crippen LogP contribution in [0.5, 0.6) is 5.75 Å². The van der Waals surface area contributed by atoms with Crippen LogP contribution < -0.4 is 9.46 Å². The first-order valence-corrected chi connectivity index (χ1v) is 18.4. The summed E-state index contributed by atoms with van der Waals surface area (Å²) in [5.41, 5.74) is 5.39. The number of carbonyl (C=O) groups is 2. The van der Waals surface area contributed by atoms with E-state index in [0.29, 0.717) is 24.1 Å². The van der Waals surface area contributed by atoms with Gasteiger partial charge in [0.25, 0.3) is 5.91 Å². The van der Waals surface area contributed by atoms with Crippen molar-refractivity contribution in [3.8, 4) is 17.0 Å². The molecule has 0 radical (unpaired) electrons. The number of carbonyl (C=O) groups excluding carboxylic acids is 2. The summed E-state index contributed by atoms with van der Waals surface area (Å²) in [6.07, 6.45) is 8.62. The van der Waals surface area contributed by atoms with E-state index in [1.165, 1.54) is 30.4 Å². The van der Waals surface area contributed by atoms with Crippen molar-refractivity contribution in [2.24, 2.45) is 5.41 Å². The molecule has 1 N–H and O–H groups in total. The highest BCUT2D eigenvalue weighted by atomic mass is 32.2. The van der Waals surface area contributed by atoms with Crippen LogP contribution in [-0.4, -0.2) is 79.7 Å². The molecule has 3 aromatic rings. The van der Waals surface area contributed by atoms with Crippen LogP contribution in [0.2, 0.25) is 0 Å². The van der Waals surface area contributed by atoms with Crippen molar-refractivity contribution >= 4 is 32.7 Å². The first kappa shape index (κ1) is 29.1. The lowest BCUT2D eigenvalue weighted by molar-refractivity contribution is -0.140. The summed E-state index contributed by atoms with van der Waals surface area (Å²) >= 11 is 0. The quantitative estimate of drug-likeness (QED) is 0.418. The molecular formula is C35H42N4O5S. The third-order valence-electron chi connectivity index (χ3n) is 11.5. The topological polar surface area (TPSA) is 101 Å². The van der Waals surface area contributed by atoms with Gasteiger partial charge in [0, 0.05) is 59.7 Å². The van der Waals surface area contributed by atoms with E-state index in [1.807, 2.05) is 18.2 Å². The van der Waals surface area contributed by atoms with Crippen LogP contribution in [0.25, 0.3) is 22.2 Å². The zero-order valence-electron chi connectivity index (χ0n) is 26.3. The third kappa shape index (κ3) is 4.53. The molecule has 10 heteroatoms. The van der Waals surface area contributed by atoms with Crippen LogP contribution in [-0.2, 0) is 21.4 Å². The molecule has 2 saturated heterocycles. The number of likely N-dealkylation sites (tertiary alicyclic amines) is 2. The molecule has 0 spiro atoms. The maximum absolute atomic E-state index is 14.8. The molecule has 2 aromatic carbocycles. The maximum Gasteiger partial charge on any atom is 0.264 e. The number of piperazine rings is 1. The van der Waals surface area contributed by atoms with Crippen molar-refractivity contribution in [2.45, 2.75) is 82.3 Å². The lowest BCUT2D eigenvalue weighted by atomic mass is 9.81. The van der Waals surface area contributed by atoms with E-state index in [4.69, 9.17) is 4.74 Å². The summed E-state index contributed by atoms with van der Waals surface area (Å²) in [4.78, 5) is 32.5. The zero-order valence-corrected chi connectivity index (χ0v) is 27.2. The molecule has 4 atom stereocenters. The predicted molar refractivity (Wildman–Crippen MR) is 173 cm³/mol. The Hall–Kier alpha value is -3.37. The van der Waals surface area contributed by atoms with E-state index < -0.39 is 21.3 Å². The first-order valence-electron chi connectivity index (χ1n) is 16.5. The van der Waals surface area contributed by atoms with Gasteiger partial charge in [-0.1, -0.05) is 32.3 Å². The molecule has 45 heavy (non-hydrogen) atoms. The molecule has 1 aromatic heterocycles. The van der Waals surface area contributed by atoms with E-state index in [2.05, 4.69) is 38.1 Å². The number of aromatic nitrogens is 1. The Kier molecular flexibility index (Phi) is 6.66. The van der Waals surface area contributed by atoms with E-state index in [-0.39, 0.29) is 17.9 Å². The van der Waals surface area contributed by atoms with Crippen LogP contribution in [0, 0.1) is 5.41 Å². The van der Waals surface area contributed by atoms with Gasteiger partial charge in [0.05, 0.1) is 24.5 Å². The minimum absolute atomic E-state index is 0.0855. The van der Waals surface area contributed by atoms with Crippen LogP contribution >= 0.6 is 0 Å². The standard InChI is InChI=1S/C35H42N4O5S/c1-4-37-18-24-15-23(37)19-38(24)34(41)35-17-29(35)28-16-25(44-2)11-13-26(28)32-31(21-8-6-5-7-9-21)27-12-10-22(14-30(27)39(32)20-35)33(40)36-45(3,42)43/h10-14,16,21,23-24,29H,4-9,15,17-20H2,1-3H3,(H,36,40)/t23-,24-,29?,35?/m1/s1.